The van der Waals surface area contributed by atoms with Crippen molar-refractivity contribution in [3.63, 3.8) is 0 Å². The fourth-order valence-electron chi connectivity index (χ4n) is 2.19. The Morgan fingerprint density at radius 2 is 1.56 bits per heavy atom. The van der Waals surface area contributed by atoms with Gasteiger partial charge in [-0.05, 0) is 38.8 Å². The van der Waals surface area contributed by atoms with Crippen LogP contribution in [0.2, 0.25) is 0 Å². The molecule has 0 saturated heterocycles. The van der Waals surface area contributed by atoms with E-state index in [0.717, 1.165) is 20.8 Å². The summed E-state index contributed by atoms with van der Waals surface area (Å²) in [4.78, 5) is 9.99. The summed E-state index contributed by atoms with van der Waals surface area (Å²) in [5.41, 5.74) is -2.98. The molecule has 142 valence electrons. The molecule has 1 rings (SSSR count). The Balaban J connectivity index is 4.12. The van der Waals surface area contributed by atoms with E-state index in [1.165, 1.54) is 6.92 Å². The highest BCUT2D eigenvalue weighted by atomic mass is 32.2. The zero-order chi connectivity index (χ0) is 20.0. The van der Waals surface area contributed by atoms with Crippen LogP contribution in [0.4, 0.5) is 22.0 Å². The minimum Gasteiger partial charge on any atom is -0.478 e. The van der Waals surface area contributed by atoms with Crippen LogP contribution in [0.15, 0.2) is 17.0 Å². The van der Waals surface area contributed by atoms with Gasteiger partial charge in [-0.15, -0.1) is 0 Å². The third kappa shape index (κ3) is 3.49. The van der Waals surface area contributed by atoms with Crippen molar-refractivity contribution in [2.24, 2.45) is 0 Å². The Morgan fingerprint density at radius 1 is 1.08 bits per heavy atom. The number of sulfone groups is 1. The van der Waals surface area contributed by atoms with E-state index in [2.05, 4.69) is 0 Å². The molecule has 0 fully saturated rings. The van der Waals surface area contributed by atoms with E-state index in [4.69, 9.17) is 5.11 Å². The predicted octanol–water partition coefficient (Wildman–Crippen LogP) is 4.17. The average Bonchev–Trinajstić information content (AvgIpc) is 2.42. The molecule has 0 saturated carbocycles. The lowest BCUT2D eigenvalue weighted by Crippen LogP contribution is -2.38. The fraction of sp³-hybridized carbons (Fsp3) is 0.533. The maximum atomic E-state index is 14.0. The smallest absolute Gasteiger partial charge is 0.458 e. The molecular formula is C15H17F5O4S. The maximum Gasteiger partial charge on any atom is 0.458 e. The van der Waals surface area contributed by atoms with Crippen LogP contribution in [0.25, 0.3) is 0 Å². The van der Waals surface area contributed by atoms with Crippen molar-refractivity contribution in [1.29, 1.82) is 0 Å². The number of carbonyl (C=O) groups is 1. The number of rotatable bonds is 4. The number of hydrogen-bond donors (Lipinski definition) is 1. The zero-order valence-electron chi connectivity index (χ0n) is 13.8. The van der Waals surface area contributed by atoms with Crippen LogP contribution >= 0.6 is 0 Å². The molecule has 25 heavy (non-hydrogen) atoms. The summed E-state index contributed by atoms with van der Waals surface area (Å²) in [6, 6.07) is 0.784. The van der Waals surface area contributed by atoms with Crippen molar-refractivity contribution in [2.75, 3.05) is 0 Å². The molecule has 0 aliphatic heterocycles. The van der Waals surface area contributed by atoms with Gasteiger partial charge in [0.2, 0.25) is 0 Å². The Bertz CT molecular complexity index is 789. The largest absolute Gasteiger partial charge is 0.478 e. The Labute approximate surface area is 141 Å². The maximum absolute atomic E-state index is 14.0. The zero-order valence-corrected chi connectivity index (χ0v) is 14.6. The predicted molar refractivity (Wildman–Crippen MR) is 79.7 cm³/mol. The van der Waals surface area contributed by atoms with Gasteiger partial charge in [0, 0.05) is 5.56 Å². The quantitative estimate of drug-likeness (QED) is 0.786. The van der Waals surface area contributed by atoms with Crippen LogP contribution in [0.1, 0.15) is 49.2 Å². The van der Waals surface area contributed by atoms with E-state index < -0.39 is 54.2 Å². The summed E-state index contributed by atoms with van der Waals surface area (Å²) in [5.74, 6) is -7.08. The van der Waals surface area contributed by atoms with Gasteiger partial charge in [0.25, 0.3) is 0 Å². The molecule has 0 aliphatic carbocycles. The number of hydrogen-bond acceptors (Lipinski definition) is 3. The topological polar surface area (TPSA) is 71.4 Å². The highest BCUT2D eigenvalue weighted by molar-refractivity contribution is 7.92. The Kier molecular flexibility index (Phi) is 5.31. The summed E-state index contributed by atoms with van der Waals surface area (Å²) >= 11 is 0. The highest BCUT2D eigenvalue weighted by Gasteiger charge is 2.61. The van der Waals surface area contributed by atoms with Crippen molar-refractivity contribution in [1.82, 2.24) is 0 Å². The first kappa shape index (κ1) is 21.3. The Morgan fingerprint density at radius 3 is 1.88 bits per heavy atom. The molecule has 0 spiro atoms. The molecule has 0 atom stereocenters. The summed E-state index contributed by atoms with van der Waals surface area (Å²) in [6.45, 7) is 4.67. The Hall–Kier alpha value is -1.71. The number of aromatic carboxylic acids is 1. The molecule has 0 unspecified atom stereocenters. The van der Waals surface area contributed by atoms with Gasteiger partial charge in [-0.3, -0.25) is 0 Å². The van der Waals surface area contributed by atoms with Crippen LogP contribution in [0, 0.1) is 0 Å². The number of carboxylic acids is 1. The molecule has 0 heterocycles. The summed E-state index contributed by atoms with van der Waals surface area (Å²) in [5, 5.41) is 9.14. The SMILES string of the molecule is CCc1c(C(=O)O)ccc(C(F)(F)C(F)(F)F)c1S(=O)(=O)C(C)(C)C. The highest BCUT2D eigenvalue weighted by Crippen LogP contribution is 2.48. The van der Waals surface area contributed by atoms with Gasteiger partial charge in [-0.25, -0.2) is 13.2 Å². The number of carboxylic acid groups (broad SMARTS) is 1. The summed E-state index contributed by atoms with van der Waals surface area (Å²) in [7, 11) is -4.69. The number of halogens is 5. The van der Waals surface area contributed by atoms with Crippen LogP contribution in [-0.2, 0) is 22.2 Å². The van der Waals surface area contributed by atoms with Gasteiger partial charge in [0.1, 0.15) is 0 Å². The van der Waals surface area contributed by atoms with Crippen molar-refractivity contribution in [3.05, 3.63) is 28.8 Å². The van der Waals surface area contributed by atoms with Crippen molar-refractivity contribution < 1.29 is 40.3 Å². The molecular weight excluding hydrogens is 371 g/mol. The molecule has 0 bridgehead atoms. The normalized spacial score (nSPS) is 13.8. The first-order valence-electron chi connectivity index (χ1n) is 7.09. The van der Waals surface area contributed by atoms with E-state index in [1.807, 2.05) is 0 Å². The van der Waals surface area contributed by atoms with Crippen LogP contribution in [-0.4, -0.2) is 30.4 Å². The minimum atomic E-state index is -6.04. The van der Waals surface area contributed by atoms with Crippen LogP contribution < -0.4 is 0 Å². The summed E-state index contributed by atoms with van der Waals surface area (Å²) < 4.78 is 90.1. The first-order chi connectivity index (χ1) is 11.0. The second-order valence-corrected chi connectivity index (χ2v) is 8.95. The van der Waals surface area contributed by atoms with Crippen molar-refractivity contribution in [2.45, 2.75) is 55.9 Å². The standard InChI is InChI=1S/C15H17F5O4S/c1-5-8-9(12(21)22)6-7-10(14(16,17)15(18,19)20)11(8)25(23,24)13(2,3)4/h6-7H,5H2,1-4H3,(H,21,22). The lowest BCUT2D eigenvalue weighted by atomic mass is 9.98. The second-order valence-electron chi connectivity index (χ2n) is 6.32. The van der Waals surface area contributed by atoms with Crippen LogP contribution in [0.3, 0.4) is 0 Å². The van der Waals surface area contributed by atoms with Gasteiger partial charge in [-0.1, -0.05) is 13.0 Å². The minimum absolute atomic E-state index is 0.217. The molecule has 0 aromatic heterocycles. The van der Waals surface area contributed by atoms with E-state index in [-0.39, 0.29) is 12.5 Å². The summed E-state index contributed by atoms with van der Waals surface area (Å²) in [6.07, 6.45) is -6.39. The van der Waals surface area contributed by atoms with E-state index in [0.29, 0.717) is 6.07 Å². The number of alkyl halides is 5. The monoisotopic (exact) mass is 388 g/mol. The molecule has 1 aromatic rings. The average molecular weight is 388 g/mol. The lowest BCUT2D eigenvalue weighted by Gasteiger charge is -2.28. The molecule has 1 aromatic carbocycles. The number of benzene rings is 1. The van der Waals surface area contributed by atoms with Gasteiger partial charge < -0.3 is 5.11 Å². The second kappa shape index (κ2) is 6.22. The van der Waals surface area contributed by atoms with Crippen molar-refractivity contribution >= 4 is 15.8 Å². The molecule has 0 radical (unpaired) electrons. The molecule has 1 N–H and O–H groups in total. The van der Waals surface area contributed by atoms with E-state index in [9.17, 15) is 35.2 Å². The van der Waals surface area contributed by atoms with E-state index in [1.54, 1.807) is 0 Å². The van der Waals surface area contributed by atoms with Crippen molar-refractivity contribution in [3.8, 4) is 0 Å². The fourth-order valence-corrected chi connectivity index (χ4v) is 3.87. The van der Waals surface area contributed by atoms with E-state index >= 15 is 0 Å². The molecule has 0 amide bonds. The third-order valence-electron chi connectivity index (χ3n) is 3.61. The molecule has 4 nitrogen and oxygen atoms in total. The van der Waals surface area contributed by atoms with Gasteiger partial charge in [-0.2, -0.15) is 22.0 Å². The van der Waals surface area contributed by atoms with Gasteiger partial charge in [0.15, 0.2) is 9.84 Å². The van der Waals surface area contributed by atoms with Gasteiger partial charge >= 0.3 is 18.1 Å². The van der Waals surface area contributed by atoms with Gasteiger partial charge in [0.05, 0.1) is 15.2 Å². The molecule has 0 aliphatic rings. The lowest BCUT2D eigenvalue weighted by molar-refractivity contribution is -0.290. The first-order valence-corrected chi connectivity index (χ1v) is 8.57. The molecule has 10 heteroatoms. The third-order valence-corrected chi connectivity index (χ3v) is 6.23. The van der Waals surface area contributed by atoms with Crippen LogP contribution in [0.5, 0.6) is 0 Å².